The number of piperidine rings is 1. The molecule has 0 unspecified atom stereocenters. The van der Waals surface area contributed by atoms with Crippen LogP contribution in [0.3, 0.4) is 0 Å². The smallest absolute Gasteiger partial charge is 0.243 e. The molecule has 0 aliphatic carbocycles. The Morgan fingerprint density at radius 2 is 2.00 bits per heavy atom. The summed E-state index contributed by atoms with van der Waals surface area (Å²) >= 11 is 0. The van der Waals surface area contributed by atoms with Gasteiger partial charge in [-0.3, -0.25) is 0 Å². The summed E-state index contributed by atoms with van der Waals surface area (Å²) in [6, 6.07) is 4.60. The van der Waals surface area contributed by atoms with E-state index in [9.17, 15) is 0 Å². The molecule has 5 heterocycles. The summed E-state index contributed by atoms with van der Waals surface area (Å²) in [4.78, 5) is 15.8. The first kappa shape index (κ1) is 19.0. The van der Waals surface area contributed by atoms with E-state index in [-0.39, 0.29) is 0 Å². The van der Waals surface area contributed by atoms with Crippen LogP contribution in [0.2, 0.25) is 0 Å². The number of hydrogen-bond acceptors (Lipinski definition) is 7. The highest BCUT2D eigenvalue weighted by atomic mass is 16.5. The van der Waals surface area contributed by atoms with Gasteiger partial charge >= 0.3 is 0 Å². The van der Waals surface area contributed by atoms with Gasteiger partial charge in [-0.05, 0) is 50.3 Å². The van der Waals surface area contributed by atoms with Gasteiger partial charge in [-0.1, -0.05) is 6.08 Å². The highest BCUT2D eigenvalue weighted by Gasteiger charge is 2.22. The second kappa shape index (κ2) is 8.02. The number of ether oxygens (including phenoxy) is 1. The Balaban J connectivity index is 1.31. The summed E-state index contributed by atoms with van der Waals surface area (Å²) < 4.78 is 7.38. The molecule has 1 N–H and O–H groups in total. The van der Waals surface area contributed by atoms with E-state index >= 15 is 0 Å². The van der Waals surface area contributed by atoms with E-state index in [1.165, 1.54) is 11.1 Å². The van der Waals surface area contributed by atoms with Gasteiger partial charge in [0.2, 0.25) is 5.95 Å². The minimum Gasteiger partial charge on any atom is -0.377 e. The van der Waals surface area contributed by atoms with Crippen molar-refractivity contribution in [3.8, 4) is 0 Å². The number of aryl methyl sites for hydroxylation is 2. The van der Waals surface area contributed by atoms with Crippen molar-refractivity contribution in [3.63, 3.8) is 0 Å². The van der Waals surface area contributed by atoms with Gasteiger partial charge in [0.25, 0.3) is 0 Å². The molecule has 3 aromatic heterocycles. The Morgan fingerprint density at radius 3 is 2.77 bits per heavy atom. The minimum absolute atomic E-state index is 0.355. The normalized spacial score (nSPS) is 17.9. The van der Waals surface area contributed by atoms with E-state index in [1.54, 1.807) is 6.33 Å². The lowest BCUT2D eigenvalue weighted by Gasteiger charge is -2.32. The average Bonchev–Trinajstić information content (AvgIpc) is 3.16. The number of fused-ring (bicyclic) bond motifs is 1. The molecule has 2 aliphatic rings. The fraction of sp³-hybridized carbons (Fsp3) is 0.455. The molecular formula is C22H27N7O. The second-order valence-corrected chi connectivity index (χ2v) is 8.11. The van der Waals surface area contributed by atoms with Crippen LogP contribution >= 0.6 is 0 Å². The van der Waals surface area contributed by atoms with Crippen molar-refractivity contribution in [1.82, 2.24) is 24.6 Å². The van der Waals surface area contributed by atoms with Crippen molar-refractivity contribution in [2.75, 3.05) is 36.5 Å². The zero-order valence-corrected chi connectivity index (χ0v) is 17.5. The summed E-state index contributed by atoms with van der Waals surface area (Å²) in [6.07, 6.45) is 8.79. The van der Waals surface area contributed by atoms with Crippen LogP contribution in [0.4, 0.5) is 11.8 Å². The van der Waals surface area contributed by atoms with Gasteiger partial charge in [0.15, 0.2) is 5.65 Å². The third kappa shape index (κ3) is 3.87. The second-order valence-electron chi connectivity index (χ2n) is 8.11. The standard InChI is InChI=1S/C22H27N7O/c1-15-11-19(17-5-9-30-10-6-17)21-26-22(27-29(21)13-15)25-18-3-7-28(8-4-18)20-12-16(2)23-14-24-20/h5,11-14,18H,3-4,6-10H2,1-2H3,(H,25,27). The van der Waals surface area contributed by atoms with Crippen molar-refractivity contribution in [2.24, 2.45) is 0 Å². The Hall–Kier alpha value is -3.00. The molecule has 5 rings (SSSR count). The molecule has 0 spiro atoms. The summed E-state index contributed by atoms with van der Waals surface area (Å²) in [5.74, 6) is 1.71. The summed E-state index contributed by atoms with van der Waals surface area (Å²) in [6.45, 7) is 7.44. The van der Waals surface area contributed by atoms with Crippen LogP contribution in [-0.4, -0.2) is 56.9 Å². The van der Waals surface area contributed by atoms with Gasteiger partial charge in [0, 0.05) is 42.7 Å². The predicted molar refractivity (Wildman–Crippen MR) is 117 cm³/mol. The van der Waals surface area contributed by atoms with Crippen molar-refractivity contribution >= 4 is 23.0 Å². The van der Waals surface area contributed by atoms with E-state index in [2.05, 4.69) is 39.3 Å². The molecule has 3 aromatic rings. The molecule has 0 saturated carbocycles. The van der Waals surface area contributed by atoms with Crippen molar-refractivity contribution in [2.45, 2.75) is 39.2 Å². The van der Waals surface area contributed by atoms with E-state index < -0.39 is 0 Å². The van der Waals surface area contributed by atoms with Gasteiger partial charge < -0.3 is 15.0 Å². The van der Waals surface area contributed by atoms with E-state index in [1.807, 2.05) is 23.7 Å². The average molecular weight is 406 g/mol. The molecule has 8 nitrogen and oxygen atoms in total. The first-order chi connectivity index (χ1) is 14.7. The van der Waals surface area contributed by atoms with Crippen LogP contribution in [0.15, 0.2) is 30.7 Å². The Bertz CT molecular complexity index is 1080. The van der Waals surface area contributed by atoms with Crippen LogP contribution in [0.25, 0.3) is 11.2 Å². The first-order valence-corrected chi connectivity index (χ1v) is 10.6. The summed E-state index contributed by atoms with van der Waals surface area (Å²) in [5, 5.41) is 8.27. The highest BCUT2D eigenvalue weighted by Crippen LogP contribution is 2.27. The Kier molecular flexibility index (Phi) is 5.08. The number of aromatic nitrogens is 5. The maximum atomic E-state index is 5.47. The summed E-state index contributed by atoms with van der Waals surface area (Å²) in [7, 11) is 0. The Labute approximate surface area is 176 Å². The molecule has 8 heteroatoms. The monoisotopic (exact) mass is 405 g/mol. The number of pyridine rings is 1. The molecule has 1 saturated heterocycles. The van der Waals surface area contributed by atoms with E-state index in [0.29, 0.717) is 18.6 Å². The van der Waals surface area contributed by atoms with Gasteiger partial charge in [0.05, 0.1) is 13.2 Å². The largest absolute Gasteiger partial charge is 0.377 e. The van der Waals surface area contributed by atoms with Crippen molar-refractivity contribution in [1.29, 1.82) is 0 Å². The fourth-order valence-corrected chi connectivity index (χ4v) is 4.24. The molecule has 0 bridgehead atoms. The number of nitrogens with one attached hydrogen (secondary N) is 1. The maximum absolute atomic E-state index is 5.47. The van der Waals surface area contributed by atoms with E-state index in [0.717, 1.165) is 61.7 Å². The topological polar surface area (TPSA) is 80.5 Å². The predicted octanol–water partition coefficient (Wildman–Crippen LogP) is 3.02. The lowest BCUT2D eigenvalue weighted by molar-refractivity contribution is 0.161. The quantitative estimate of drug-likeness (QED) is 0.715. The van der Waals surface area contributed by atoms with Crippen LogP contribution in [-0.2, 0) is 4.74 Å². The van der Waals surface area contributed by atoms with Crippen LogP contribution in [0.1, 0.15) is 36.1 Å². The molecule has 156 valence electrons. The highest BCUT2D eigenvalue weighted by molar-refractivity contribution is 5.77. The zero-order valence-electron chi connectivity index (χ0n) is 17.5. The third-order valence-corrected chi connectivity index (χ3v) is 5.82. The Morgan fingerprint density at radius 1 is 1.13 bits per heavy atom. The SMILES string of the molecule is Cc1cc(C2=CCOCC2)c2nc(NC3CCN(c4cc(C)ncn4)CC3)nn2c1. The van der Waals surface area contributed by atoms with Gasteiger partial charge in [-0.15, -0.1) is 5.10 Å². The number of rotatable bonds is 4. The fourth-order valence-electron chi connectivity index (χ4n) is 4.24. The molecule has 0 aromatic carbocycles. The number of anilines is 2. The summed E-state index contributed by atoms with van der Waals surface area (Å²) in [5.41, 5.74) is 5.54. The van der Waals surface area contributed by atoms with Crippen LogP contribution in [0, 0.1) is 13.8 Å². The first-order valence-electron chi connectivity index (χ1n) is 10.6. The lowest BCUT2D eigenvalue weighted by Crippen LogP contribution is -2.39. The molecule has 0 atom stereocenters. The molecule has 1 fully saturated rings. The van der Waals surface area contributed by atoms with Crippen LogP contribution < -0.4 is 10.2 Å². The van der Waals surface area contributed by atoms with Gasteiger partial charge in [-0.25, -0.2) is 14.5 Å². The van der Waals surface area contributed by atoms with Crippen LogP contribution in [0.5, 0.6) is 0 Å². The van der Waals surface area contributed by atoms with Gasteiger partial charge in [0.1, 0.15) is 12.1 Å². The van der Waals surface area contributed by atoms with Crippen molar-refractivity contribution in [3.05, 3.63) is 47.6 Å². The number of nitrogens with zero attached hydrogens (tertiary/aromatic N) is 6. The molecule has 2 aliphatic heterocycles. The maximum Gasteiger partial charge on any atom is 0.243 e. The lowest BCUT2D eigenvalue weighted by atomic mass is 10.0. The zero-order chi connectivity index (χ0) is 20.5. The number of hydrogen-bond donors (Lipinski definition) is 1. The molecule has 30 heavy (non-hydrogen) atoms. The molecule has 0 amide bonds. The molecular weight excluding hydrogens is 378 g/mol. The van der Waals surface area contributed by atoms with Crippen molar-refractivity contribution < 1.29 is 4.74 Å². The van der Waals surface area contributed by atoms with E-state index in [4.69, 9.17) is 14.8 Å². The molecule has 0 radical (unpaired) electrons. The minimum atomic E-state index is 0.355. The third-order valence-electron chi connectivity index (χ3n) is 5.82. The van der Waals surface area contributed by atoms with Gasteiger partial charge in [-0.2, -0.15) is 4.98 Å².